The van der Waals surface area contributed by atoms with Gasteiger partial charge in [-0.15, -0.1) is 0 Å². The third kappa shape index (κ3) is 2.03. The SMILES string of the molecule is C/C=C(/C(=O)OC)C(O)c1ccoc1. The lowest BCUT2D eigenvalue weighted by atomic mass is 10.0. The van der Waals surface area contributed by atoms with Gasteiger partial charge in [0.15, 0.2) is 0 Å². The van der Waals surface area contributed by atoms with Crippen molar-refractivity contribution in [3.05, 3.63) is 35.8 Å². The van der Waals surface area contributed by atoms with Crippen LogP contribution in [0.5, 0.6) is 0 Å². The van der Waals surface area contributed by atoms with Gasteiger partial charge in [-0.3, -0.25) is 0 Å². The van der Waals surface area contributed by atoms with Gasteiger partial charge in [-0.25, -0.2) is 4.79 Å². The van der Waals surface area contributed by atoms with E-state index in [9.17, 15) is 9.90 Å². The number of carbonyl (C=O) groups excluding carboxylic acids is 1. The van der Waals surface area contributed by atoms with Crippen molar-refractivity contribution in [2.24, 2.45) is 0 Å². The minimum absolute atomic E-state index is 0.203. The van der Waals surface area contributed by atoms with E-state index in [1.807, 2.05) is 0 Å². The van der Waals surface area contributed by atoms with Crippen molar-refractivity contribution in [1.82, 2.24) is 0 Å². The molecule has 0 fully saturated rings. The van der Waals surface area contributed by atoms with Crippen LogP contribution in [0.15, 0.2) is 34.7 Å². The first kappa shape index (κ1) is 10.5. The molecule has 14 heavy (non-hydrogen) atoms. The molecule has 1 atom stereocenters. The summed E-state index contributed by atoms with van der Waals surface area (Å²) in [7, 11) is 1.27. The molecule has 0 amide bonds. The lowest BCUT2D eigenvalue weighted by Gasteiger charge is -2.10. The van der Waals surface area contributed by atoms with E-state index in [-0.39, 0.29) is 5.57 Å². The summed E-state index contributed by atoms with van der Waals surface area (Å²) >= 11 is 0. The molecule has 0 aliphatic carbocycles. The van der Waals surface area contributed by atoms with E-state index < -0.39 is 12.1 Å². The van der Waals surface area contributed by atoms with E-state index in [0.29, 0.717) is 5.56 Å². The Hall–Kier alpha value is -1.55. The molecule has 1 N–H and O–H groups in total. The van der Waals surface area contributed by atoms with Crippen molar-refractivity contribution in [2.75, 3.05) is 7.11 Å². The van der Waals surface area contributed by atoms with Crippen molar-refractivity contribution < 1.29 is 19.1 Å². The Labute approximate surface area is 81.8 Å². The molecule has 76 valence electrons. The molecule has 0 aromatic carbocycles. The maximum atomic E-state index is 11.2. The molecular formula is C10H12O4. The molecule has 0 aliphatic rings. The molecule has 4 heteroatoms. The molecule has 0 saturated heterocycles. The van der Waals surface area contributed by atoms with Crippen LogP contribution in [0.1, 0.15) is 18.6 Å². The minimum Gasteiger partial charge on any atom is -0.472 e. The summed E-state index contributed by atoms with van der Waals surface area (Å²) in [6.07, 6.45) is 3.34. The molecule has 4 nitrogen and oxygen atoms in total. The summed E-state index contributed by atoms with van der Waals surface area (Å²) in [6, 6.07) is 1.59. The summed E-state index contributed by atoms with van der Waals surface area (Å²) in [4.78, 5) is 11.2. The van der Waals surface area contributed by atoms with Crippen molar-refractivity contribution in [3.63, 3.8) is 0 Å². The van der Waals surface area contributed by atoms with Crippen LogP contribution >= 0.6 is 0 Å². The van der Waals surface area contributed by atoms with E-state index in [4.69, 9.17) is 4.42 Å². The van der Waals surface area contributed by atoms with Crippen LogP contribution in [-0.2, 0) is 9.53 Å². The second-order valence-corrected chi connectivity index (χ2v) is 2.69. The molecule has 1 aromatic heterocycles. The topological polar surface area (TPSA) is 59.7 Å². The first-order chi connectivity index (χ1) is 6.70. The van der Waals surface area contributed by atoms with Crippen molar-refractivity contribution in [3.8, 4) is 0 Å². The average Bonchev–Trinajstić information content (AvgIpc) is 2.71. The predicted octanol–water partition coefficient (Wildman–Crippen LogP) is 1.43. The van der Waals surface area contributed by atoms with E-state index in [1.54, 1.807) is 13.0 Å². The standard InChI is InChI=1S/C10H12O4/c1-3-8(10(12)13-2)9(11)7-4-5-14-6-7/h3-6,9,11H,1-2H3/b8-3+. The number of allylic oxidation sites excluding steroid dienone is 1. The second kappa shape index (κ2) is 4.62. The highest BCUT2D eigenvalue weighted by molar-refractivity contribution is 5.89. The zero-order valence-corrected chi connectivity index (χ0v) is 8.06. The molecule has 0 bridgehead atoms. The van der Waals surface area contributed by atoms with Crippen LogP contribution in [0, 0.1) is 0 Å². The summed E-state index contributed by atoms with van der Waals surface area (Å²) in [5.41, 5.74) is 0.734. The molecule has 1 unspecified atom stereocenters. The predicted molar refractivity (Wildman–Crippen MR) is 49.4 cm³/mol. The third-order valence-electron chi connectivity index (χ3n) is 1.89. The van der Waals surface area contributed by atoms with Gasteiger partial charge in [0.2, 0.25) is 0 Å². The Balaban J connectivity index is 2.87. The lowest BCUT2D eigenvalue weighted by molar-refractivity contribution is -0.137. The summed E-state index contributed by atoms with van der Waals surface area (Å²) < 4.78 is 9.33. The fraction of sp³-hybridized carbons (Fsp3) is 0.300. The van der Waals surface area contributed by atoms with Gasteiger partial charge in [-0.2, -0.15) is 0 Å². The number of aliphatic hydroxyl groups excluding tert-OH is 1. The normalized spacial score (nSPS) is 13.8. The van der Waals surface area contributed by atoms with Crippen LogP contribution in [0.25, 0.3) is 0 Å². The number of hydrogen-bond donors (Lipinski definition) is 1. The summed E-state index contributed by atoms with van der Waals surface area (Å²) in [5, 5.41) is 9.74. The highest BCUT2D eigenvalue weighted by Crippen LogP contribution is 2.22. The van der Waals surface area contributed by atoms with Gasteiger partial charge in [0.1, 0.15) is 6.10 Å². The average molecular weight is 196 g/mol. The Morgan fingerprint density at radius 3 is 2.86 bits per heavy atom. The van der Waals surface area contributed by atoms with Crippen molar-refractivity contribution in [2.45, 2.75) is 13.0 Å². The lowest BCUT2D eigenvalue weighted by Crippen LogP contribution is -2.12. The van der Waals surface area contributed by atoms with Crippen LogP contribution in [0.4, 0.5) is 0 Å². The number of rotatable bonds is 3. The highest BCUT2D eigenvalue weighted by Gasteiger charge is 2.20. The van der Waals surface area contributed by atoms with Gasteiger partial charge >= 0.3 is 5.97 Å². The molecule has 0 saturated carbocycles. The van der Waals surface area contributed by atoms with E-state index in [2.05, 4.69) is 4.74 Å². The van der Waals surface area contributed by atoms with Crippen LogP contribution < -0.4 is 0 Å². The van der Waals surface area contributed by atoms with Gasteiger partial charge in [-0.1, -0.05) is 6.08 Å². The highest BCUT2D eigenvalue weighted by atomic mass is 16.5. The Bertz CT molecular complexity index is 324. The smallest absolute Gasteiger partial charge is 0.336 e. The zero-order chi connectivity index (χ0) is 10.6. The Morgan fingerprint density at radius 2 is 2.43 bits per heavy atom. The molecule has 0 aliphatic heterocycles. The summed E-state index contributed by atoms with van der Waals surface area (Å²) in [6.45, 7) is 1.66. The van der Waals surface area contributed by atoms with Crippen LogP contribution in [-0.4, -0.2) is 18.2 Å². The van der Waals surface area contributed by atoms with Gasteiger partial charge < -0.3 is 14.3 Å². The summed E-state index contributed by atoms with van der Waals surface area (Å²) in [5.74, 6) is -0.541. The maximum absolute atomic E-state index is 11.2. The van der Waals surface area contributed by atoms with Gasteiger partial charge in [-0.05, 0) is 13.0 Å². The number of carbonyl (C=O) groups is 1. The zero-order valence-electron chi connectivity index (χ0n) is 8.06. The number of aliphatic hydroxyl groups is 1. The van der Waals surface area contributed by atoms with Crippen molar-refractivity contribution >= 4 is 5.97 Å². The second-order valence-electron chi connectivity index (χ2n) is 2.69. The monoisotopic (exact) mass is 196 g/mol. The molecule has 1 heterocycles. The van der Waals surface area contributed by atoms with E-state index in [1.165, 1.54) is 25.7 Å². The van der Waals surface area contributed by atoms with Crippen molar-refractivity contribution in [1.29, 1.82) is 0 Å². The van der Waals surface area contributed by atoms with E-state index in [0.717, 1.165) is 0 Å². The van der Waals surface area contributed by atoms with E-state index >= 15 is 0 Å². The number of methoxy groups -OCH3 is 1. The number of hydrogen-bond acceptors (Lipinski definition) is 4. The number of furan rings is 1. The number of esters is 1. The van der Waals surface area contributed by atoms with Gasteiger partial charge in [0, 0.05) is 5.56 Å². The molecule has 0 radical (unpaired) electrons. The molecule has 1 aromatic rings. The maximum Gasteiger partial charge on any atom is 0.336 e. The largest absolute Gasteiger partial charge is 0.472 e. The Kier molecular flexibility index (Phi) is 3.48. The quantitative estimate of drug-likeness (QED) is 0.587. The van der Waals surface area contributed by atoms with Gasteiger partial charge in [0.05, 0.1) is 25.2 Å². The fourth-order valence-corrected chi connectivity index (χ4v) is 1.12. The minimum atomic E-state index is -0.994. The molecular weight excluding hydrogens is 184 g/mol. The molecule has 0 spiro atoms. The fourth-order valence-electron chi connectivity index (χ4n) is 1.12. The first-order valence-corrected chi connectivity index (χ1v) is 4.15. The van der Waals surface area contributed by atoms with Crippen LogP contribution in [0.3, 0.4) is 0 Å². The third-order valence-corrected chi connectivity index (χ3v) is 1.89. The number of ether oxygens (including phenoxy) is 1. The van der Waals surface area contributed by atoms with Gasteiger partial charge in [0.25, 0.3) is 0 Å². The van der Waals surface area contributed by atoms with Crippen LogP contribution in [0.2, 0.25) is 0 Å². The molecule has 1 rings (SSSR count). The Morgan fingerprint density at radius 1 is 1.71 bits per heavy atom. The first-order valence-electron chi connectivity index (χ1n) is 4.15.